The number of amides is 1. The van der Waals surface area contributed by atoms with Crippen LogP contribution in [0, 0.1) is 0 Å². The maximum Gasteiger partial charge on any atom is 0.305 e. The van der Waals surface area contributed by atoms with Crippen molar-refractivity contribution in [1.82, 2.24) is 4.90 Å². The Kier molecular flexibility index (Phi) is 3.75. The first-order chi connectivity index (χ1) is 8.18. The van der Waals surface area contributed by atoms with E-state index in [1.165, 1.54) is 11.3 Å². The molecule has 1 aliphatic rings. The van der Waals surface area contributed by atoms with E-state index in [4.69, 9.17) is 9.84 Å². The molecule has 1 atom stereocenters. The zero-order valence-corrected chi connectivity index (χ0v) is 9.98. The minimum Gasteiger partial charge on any atom is -0.481 e. The monoisotopic (exact) mass is 255 g/mol. The first-order valence-electron chi connectivity index (χ1n) is 5.31. The van der Waals surface area contributed by atoms with E-state index in [2.05, 4.69) is 0 Å². The Balaban J connectivity index is 2.10. The number of hydrogen-bond donors (Lipinski definition) is 1. The molecular weight excluding hydrogens is 242 g/mol. The first-order valence-corrected chi connectivity index (χ1v) is 6.25. The third-order valence-electron chi connectivity index (χ3n) is 2.67. The van der Waals surface area contributed by atoms with Gasteiger partial charge in [0.05, 0.1) is 31.2 Å². The van der Waals surface area contributed by atoms with Gasteiger partial charge in [-0.1, -0.05) is 0 Å². The van der Waals surface area contributed by atoms with Crippen LogP contribution < -0.4 is 0 Å². The lowest BCUT2D eigenvalue weighted by Crippen LogP contribution is -2.49. The van der Waals surface area contributed by atoms with Gasteiger partial charge < -0.3 is 14.7 Å². The molecule has 1 N–H and O–H groups in total. The van der Waals surface area contributed by atoms with Crippen molar-refractivity contribution in [3.63, 3.8) is 0 Å². The lowest BCUT2D eigenvalue weighted by molar-refractivity contribution is -0.139. The Hall–Kier alpha value is -1.40. The highest BCUT2D eigenvalue weighted by Gasteiger charge is 2.29. The van der Waals surface area contributed by atoms with Crippen LogP contribution in [-0.4, -0.2) is 47.7 Å². The number of hydrogen-bond acceptors (Lipinski definition) is 4. The van der Waals surface area contributed by atoms with Gasteiger partial charge in [-0.15, -0.1) is 0 Å². The van der Waals surface area contributed by atoms with E-state index in [1.54, 1.807) is 16.3 Å². The predicted molar refractivity (Wildman–Crippen MR) is 62.2 cm³/mol. The number of carbonyl (C=O) groups is 2. The third kappa shape index (κ3) is 2.83. The van der Waals surface area contributed by atoms with E-state index in [0.29, 0.717) is 25.3 Å². The van der Waals surface area contributed by atoms with Gasteiger partial charge in [0.25, 0.3) is 5.91 Å². The van der Waals surface area contributed by atoms with Crippen molar-refractivity contribution in [1.29, 1.82) is 0 Å². The van der Waals surface area contributed by atoms with E-state index in [1.807, 2.05) is 5.38 Å². The molecule has 1 fully saturated rings. The molecule has 6 heteroatoms. The number of carboxylic acids is 1. The molecule has 2 heterocycles. The van der Waals surface area contributed by atoms with E-state index >= 15 is 0 Å². The quantitative estimate of drug-likeness (QED) is 0.877. The fourth-order valence-corrected chi connectivity index (χ4v) is 2.47. The maximum absolute atomic E-state index is 12.1. The van der Waals surface area contributed by atoms with Crippen molar-refractivity contribution < 1.29 is 19.4 Å². The summed E-state index contributed by atoms with van der Waals surface area (Å²) in [5.74, 6) is -1.02. The number of ether oxygens (including phenoxy) is 1. The first kappa shape index (κ1) is 12.1. The van der Waals surface area contributed by atoms with Crippen LogP contribution in [0.1, 0.15) is 16.8 Å². The largest absolute Gasteiger partial charge is 0.481 e. The van der Waals surface area contributed by atoms with Crippen molar-refractivity contribution in [3.05, 3.63) is 22.4 Å². The van der Waals surface area contributed by atoms with Crippen LogP contribution in [0.15, 0.2) is 16.8 Å². The van der Waals surface area contributed by atoms with Gasteiger partial charge in [0.15, 0.2) is 0 Å². The second-order valence-corrected chi connectivity index (χ2v) is 4.62. The van der Waals surface area contributed by atoms with Gasteiger partial charge in [0.1, 0.15) is 0 Å². The van der Waals surface area contributed by atoms with Crippen LogP contribution in [0.4, 0.5) is 0 Å². The van der Waals surface area contributed by atoms with Crippen LogP contribution in [-0.2, 0) is 9.53 Å². The van der Waals surface area contributed by atoms with Crippen molar-refractivity contribution in [3.8, 4) is 0 Å². The summed E-state index contributed by atoms with van der Waals surface area (Å²) < 4.78 is 5.23. The number of morpholine rings is 1. The number of nitrogens with zero attached hydrogens (tertiary/aromatic N) is 1. The van der Waals surface area contributed by atoms with Crippen LogP contribution in [0.3, 0.4) is 0 Å². The van der Waals surface area contributed by atoms with E-state index in [0.717, 1.165) is 0 Å². The molecule has 0 aliphatic carbocycles. The van der Waals surface area contributed by atoms with Crippen molar-refractivity contribution >= 4 is 23.2 Å². The second-order valence-electron chi connectivity index (χ2n) is 3.84. The summed E-state index contributed by atoms with van der Waals surface area (Å²) in [6, 6.07) is 1.38. The summed E-state index contributed by atoms with van der Waals surface area (Å²) in [5, 5.41) is 12.4. The fraction of sp³-hybridized carbons (Fsp3) is 0.455. The topological polar surface area (TPSA) is 66.8 Å². The van der Waals surface area contributed by atoms with Gasteiger partial charge in [0.2, 0.25) is 0 Å². The molecule has 92 valence electrons. The summed E-state index contributed by atoms with van der Waals surface area (Å²) in [6.07, 6.45) is -0.0735. The number of aliphatic carboxylic acids is 1. The zero-order valence-electron chi connectivity index (χ0n) is 9.17. The highest BCUT2D eigenvalue weighted by atomic mass is 32.1. The molecule has 0 saturated carbocycles. The molecule has 1 unspecified atom stereocenters. The summed E-state index contributed by atoms with van der Waals surface area (Å²) in [7, 11) is 0. The Bertz CT molecular complexity index is 404. The minimum absolute atomic E-state index is 0.0735. The molecule has 0 bridgehead atoms. The molecule has 5 nitrogen and oxygen atoms in total. The molecule has 1 saturated heterocycles. The average molecular weight is 255 g/mol. The van der Waals surface area contributed by atoms with Crippen molar-refractivity contribution in [2.24, 2.45) is 0 Å². The maximum atomic E-state index is 12.1. The molecule has 1 amide bonds. The molecule has 1 aromatic heterocycles. The molecule has 0 aromatic carbocycles. The highest BCUT2D eigenvalue weighted by Crippen LogP contribution is 2.16. The summed E-state index contributed by atoms with van der Waals surface area (Å²) in [4.78, 5) is 24.5. The van der Waals surface area contributed by atoms with Gasteiger partial charge in [-0.05, 0) is 11.4 Å². The van der Waals surface area contributed by atoms with E-state index < -0.39 is 5.97 Å². The van der Waals surface area contributed by atoms with Crippen LogP contribution >= 0.6 is 11.3 Å². The molecule has 17 heavy (non-hydrogen) atoms. The summed E-state index contributed by atoms with van der Waals surface area (Å²) in [5.41, 5.74) is 0.618. The lowest BCUT2D eigenvalue weighted by atomic mass is 10.1. The lowest BCUT2D eigenvalue weighted by Gasteiger charge is -2.34. The minimum atomic E-state index is -0.913. The Labute approximate surface area is 103 Å². The van der Waals surface area contributed by atoms with Gasteiger partial charge >= 0.3 is 5.97 Å². The fourth-order valence-electron chi connectivity index (χ4n) is 1.84. The number of carboxylic acid groups (broad SMARTS) is 1. The smallest absolute Gasteiger partial charge is 0.305 e. The zero-order chi connectivity index (χ0) is 12.3. The van der Waals surface area contributed by atoms with Crippen LogP contribution in [0.5, 0.6) is 0 Å². The highest BCUT2D eigenvalue weighted by molar-refractivity contribution is 7.08. The SMILES string of the molecule is O=C(O)CC1COCCN1C(=O)c1ccsc1. The Morgan fingerprint density at radius 2 is 2.41 bits per heavy atom. The predicted octanol–water partition coefficient (Wildman–Crippen LogP) is 1.06. The summed E-state index contributed by atoms with van der Waals surface area (Å²) in [6.45, 7) is 1.21. The number of carbonyl (C=O) groups excluding carboxylic acids is 1. The normalized spacial score (nSPS) is 20.2. The molecule has 2 rings (SSSR count). The van der Waals surface area contributed by atoms with E-state index in [9.17, 15) is 9.59 Å². The van der Waals surface area contributed by atoms with Gasteiger partial charge in [-0.3, -0.25) is 9.59 Å². The average Bonchev–Trinajstić information content (AvgIpc) is 2.81. The number of rotatable bonds is 3. The Morgan fingerprint density at radius 1 is 1.59 bits per heavy atom. The van der Waals surface area contributed by atoms with Crippen LogP contribution in [0.25, 0.3) is 0 Å². The molecule has 0 radical (unpaired) electrons. The van der Waals surface area contributed by atoms with Gasteiger partial charge in [0, 0.05) is 11.9 Å². The molecule has 1 aromatic rings. The Morgan fingerprint density at radius 3 is 3.06 bits per heavy atom. The number of thiophene rings is 1. The molecule has 1 aliphatic heterocycles. The molecular formula is C11H13NO4S. The third-order valence-corrected chi connectivity index (χ3v) is 3.35. The second kappa shape index (κ2) is 5.29. The van der Waals surface area contributed by atoms with Gasteiger partial charge in [-0.2, -0.15) is 11.3 Å². The standard InChI is InChI=1S/C11H13NO4S/c13-10(14)5-9-6-16-3-2-12(9)11(15)8-1-4-17-7-8/h1,4,7,9H,2-3,5-6H2,(H,13,14). The molecule has 0 spiro atoms. The van der Waals surface area contributed by atoms with Crippen molar-refractivity contribution in [2.75, 3.05) is 19.8 Å². The van der Waals surface area contributed by atoms with Crippen LogP contribution in [0.2, 0.25) is 0 Å². The van der Waals surface area contributed by atoms with Crippen molar-refractivity contribution in [2.45, 2.75) is 12.5 Å². The summed E-state index contributed by atoms with van der Waals surface area (Å²) >= 11 is 1.45. The van der Waals surface area contributed by atoms with E-state index in [-0.39, 0.29) is 18.4 Å². The van der Waals surface area contributed by atoms with Gasteiger partial charge in [-0.25, -0.2) is 0 Å².